The molecular weight excluding hydrogens is 190 g/mol. The Morgan fingerprint density at radius 2 is 1.87 bits per heavy atom. The lowest BCUT2D eigenvalue weighted by Gasteiger charge is -2.25. The van der Waals surface area contributed by atoms with Gasteiger partial charge in [-0.1, -0.05) is 27.2 Å². The second-order valence-electron chi connectivity index (χ2n) is 5.29. The molecule has 0 aromatic carbocycles. The molecule has 0 saturated carbocycles. The standard InChI is InChI=1S/C12H25NO2/c1-7-8-10(9(2)3)13-11(14)15-12(4,5)6/h9-10H,7-8H2,1-6H3,(H,13,14)/t10-/m1/s1. The van der Waals surface area contributed by atoms with E-state index in [2.05, 4.69) is 26.1 Å². The third-order valence-corrected chi connectivity index (χ3v) is 2.11. The van der Waals surface area contributed by atoms with Gasteiger partial charge >= 0.3 is 6.09 Å². The third-order valence-electron chi connectivity index (χ3n) is 2.11. The van der Waals surface area contributed by atoms with Crippen LogP contribution in [0.2, 0.25) is 0 Å². The van der Waals surface area contributed by atoms with E-state index in [1.165, 1.54) is 0 Å². The number of nitrogens with one attached hydrogen (secondary N) is 1. The average Bonchev–Trinajstić information content (AvgIpc) is 1.99. The van der Waals surface area contributed by atoms with E-state index >= 15 is 0 Å². The Balaban J connectivity index is 4.11. The fourth-order valence-electron chi connectivity index (χ4n) is 1.34. The first kappa shape index (κ1) is 14.3. The van der Waals surface area contributed by atoms with Gasteiger partial charge in [0.15, 0.2) is 0 Å². The molecule has 15 heavy (non-hydrogen) atoms. The molecule has 0 fully saturated rings. The van der Waals surface area contributed by atoms with Crippen molar-refractivity contribution >= 4 is 6.09 Å². The van der Waals surface area contributed by atoms with Gasteiger partial charge in [-0.2, -0.15) is 0 Å². The van der Waals surface area contributed by atoms with Gasteiger partial charge in [0.05, 0.1) is 0 Å². The van der Waals surface area contributed by atoms with E-state index in [-0.39, 0.29) is 12.1 Å². The monoisotopic (exact) mass is 215 g/mol. The molecule has 0 aromatic heterocycles. The fraction of sp³-hybridized carbons (Fsp3) is 0.917. The molecule has 0 rings (SSSR count). The van der Waals surface area contributed by atoms with Gasteiger partial charge in [-0.3, -0.25) is 0 Å². The van der Waals surface area contributed by atoms with Gasteiger partial charge in [0.2, 0.25) is 0 Å². The molecule has 0 aliphatic heterocycles. The predicted molar refractivity (Wildman–Crippen MR) is 62.9 cm³/mol. The van der Waals surface area contributed by atoms with Crippen molar-refractivity contribution in [2.75, 3.05) is 0 Å². The van der Waals surface area contributed by atoms with E-state index in [1.807, 2.05) is 20.8 Å². The quantitative estimate of drug-likeness (QED) is 0.781. The Labute approximate surface area is 93.6 Å². The number of ether oxygens (including phenoxy) is 1. The summed E-state index contributed by atoms with van der Waals surface area (Å²) in [7, 11) is 0. The second-order valence-corrected chi connectivity index (χ2v) is 5.29. The summed E-state index contributed by atoms with van der Waals surface area (Å²) in [6.07, 6.45) is 1.75. The minimum absolute atomic E-state index is 0.213. The zero-order valence-corrected chi connectivity index (χ0v) is 10.9. The van der Waals surface area contributed by atoms with Crippen LogP contribution in [0.1, 0.15) is 54.4 Å². The summed E-state index contributed by atoms with van der Waals surface area (Å²) in [6, 6.07) is 0.213. The van der Waals surface area contributed by atoms with E-state index in [4.69, 9.17) is 4.74 Å². The molecule has 0 aliphatic rings. The van der Waals surface area contributed by atoms with Crippen LogP contribution in [0.3, 0.4) is 0 Å². The summed E-state index contributed by atoms with van der Waals surface area (Å²) in [5.41, 5.74) is -0.419. The van der Waals surface area contributed by atoms with Gasteiger partial charge in [-0.15, -0.1) is 0 Å². The molecule has 0 aromatic rings. The van der Waals surface area contributed by atoms with Crippen LogP contribution in [-0.2, 0) is 4.74 Å². The number of amides is 1. The van der Waals surface area contributed by atoms with Gasteiger partial charge in [0, 0.05) is 6.04 Å². The molecule has 0 unspecified atom stereocenters. The second kappa shape index (κ2) is 5.99. The largest absolute Gasteiger partial charge is 0.444 e. The molecule has 0 saturated heterocycles. The Hall–Kier alpha value is -0.730. The lowest BCUT2D eigenvalue weighted by molar-refractivity contribution is 0.0487. The summed E-state index contributed by atoms with van der Waals surface area (Å²) in [6.45, 7) is 12.0. The maximum absolute atomic E-state index is 11.5. The van der Waals surface area contributed by atoms with Crippen LogP contribution < -0.4 is 5.32 Å². The number of hydrogen-bond donors (Lipinski definition) is 1. The summed E-state index contributed by atoms with van der Waals surface area (Å²) < 4.78 is 5.21. The van der Waals surface area contributed by atoms with E-state index in [0.29, 0.717) is 5.92 Å². The zero-order chi connectivity index (χ0) is 12.1. The van der Waals surface area contributed by atoms with Crippen molar-refractivity contribution in [3.8, 4) is 0 Å². The molecular formula is C12H25NO2. The molecule has 0 bridgehead atoms. The van der Waals surface area contributed by atoms with Crippen molar-refractivity contribution in [1.82, 2.24) is 5.32 Å². The minimum atomic E-state index is -0.419. The average molecular weight is 215 g/mol. The number of carbonyl (C=O) groups excluding carboxylic acids is 1. The van der Waals surface area contributed by atoms with Gasteiger partial charge in [-0.05, 0) is 33.1 Å². The van der Waals surface area contributed by atoms with Gasteiger partial charge in [0.25, 0.3) is 0 Å². The van der Waals surface area contributed by atoms with E-state index in [1.54, 1.807) is 0 Å². The highest BCUT2D eigenvalue weighted by atomic mass is 16.6. The number of carbonyl (C=O) groups is 1. The Kier molecular flexibility index (Phi) is 5.69. The highest BCUT2D eigenvalue weighted by molar-refractivity contribution is 5.68. The fourth-order valence-corrected chi connectivity index (χ4v) is 1.34. The lowest BCUT2D eigenvalue weighted by Crippen LogP contribution is -2.41. The molecule has 1 amide bonds. The SMILES string of the molecule is CCC[C@@H](NC(=O)OC(C)(C)C)C(C)C. The summed E-state index contributed by atoms with van der Waals surface area (Å²) in [5, 5.41) is 2.91. The highest BCUT2D eigenvalue weighted by Gasteiger charge is 2.20. The minimum Gasteiger partial charge on any atom is -0.444 e. The Bertz CT molecular complexity index is 194. The molecule has 3 heteroatoms. The van der Waals surface area contributed by atoms with Crippen molar-refractivity contribution in [2.24, 2.45) is 5.92 Å². The van der Waals surface area contributed by atoms with Crippen LogP contribution in [-0.4, -0.2) is 17.7 Å². The van der Waals surface area contributed by atoms with Crippen molar-refractivity contribution in [1.29, 1.82) is 0 Å². The molecule has 0 heterocycles. The van der Waals surface area contributed by atoms with Crippen molar-refractivity contribution in [3.05, 3.63) is 0 Å². The number of rotatable bonds is 4. The third kappa shape index (κ3) is 7.23. The van der Waals surface area contributed by atoms with Crippen molar-refractivity contribution < 1.29 is 9.53 Å². The van der Waals surface area contributed by atoms with Crippen LogP contribution in [0.15, 0.2) is 0 Å². The number of hydrogen-bond acceptors (Lipinski definition) is 2. The first-order valence-corrected chi connectivity index (χ1v) is 5.75. The first-order chi connectivity index (χ1) is 6.76. The molecule has 0 spiro atoms. The van der Waals surface area contributed by atoms with E-state index in [0.717, 1.165) is 12.8 Å². The van der Waals surface area contributed by atoms with Crippen LogP contribution in [0.5, 0.6) is 0 Å². The first-order valence-electron chi connectivity index (χ1n) is 5.75. The molecule has 3 nitrogen and oxygen atoms in total. The maximum Gasteiger partial charge on any atom is 0.407 e. The van der Waals surface area contributed by atoms with Crippen molar-refractivity contribution in [2.45, 2.75) is 66.0 Å². The maximum atomic E-state index is 11.5. The number of alkyl carbamates (subject to hydrolysis) is 1. The Morgan fingerprint density at radius 3 is 2.20 bits per heavy atom. The Morgan fingerprint density at radius 1 is 1.33 bits per heavy atom. The van der Waals surface area contributed by atoms with E-state index < -0.39 is 5.60 Å². The predicted octanol–water partition coefficient (Wildman–Crippen LogP) is 3.34. The van der Waals surface area contributed by atoms with Crippen LogP contribution in [0, 0.1) is 5.92 Å². The van der Waals surface area contributed by atoms with E-state index in [9.17, 15) is 4.79 Å². The summed E-state index contributed by atoms with van der Waals surface area (Å²) in [5.74, 6) is 0.442. The molecule has 1 atom stereocenters. The van der Waals surface area contributed by atoms with Crippen LogP contribution in [0.25, 0.3) is 0 Å². The topological polar surface area (TPSA) is 38.3 Å². The molecule has 1 N–H and O–H groups in total. The smallest absolute Gasteiger partial charge is 0.407 e. The normalized spacial score (nSPS) is 13.8. The molecule has 0 aliphatic carbocycles. The van der Waals surface area contributed by atoms with Gasteiger partial charge in [0.1, 0.15) is 5.60 Å². The van der Waals surface area contributed by atoms with Gasteiger partial charge < -0.3 is 10.1 Å². The summed E-state index contributed by atoms with van der Waals surface area (Å²) in [4.78, 5) is 11.5. The van der Waals surface area contributed by atoms with Gasteiger partial charge in [-0.25, -0.2) is 4.79 Å². The lowest BCUT2D eigenvalue weighted by atomic mass is 10.00. The molecule has 90 valence electrons. The van der Waals surface area contributed by atoms with Crippen LogP contribution >= 0.6 is 0 Å². The zero-order valence-electron chi connectivity index (χ0n) is 10.9. The summed E-state index contributed by atoms with van der Waals surface area (Å²) >= 11 is 0. The highest BCUT2D eigenvalue weighted by Crippen LogP contribution is 2.11. The van der Waals surface area contributed by atoms with Crippen molar-refractivity contribution in [3.63, 3.8) is 0 Å². The van der Waals surface area contributed by atoms with Crippen LogP contribution in [0.4, 0.5) is 4.79 Å². The molecule has 0 radical (unpaired) electrons.